The molecular formula is C25H28Cl2N6O. The third kappa shape index (κ3) is 4.28. The summed E-state index contributed by atoms with van der Waals surface area (Å²) >= 11 is 5.98. The molecule has 0 bridgehead atoms. The normalized spacial score (nSPS) is 18.9. The highest BCUT2D eigenvalue weighted by Gasteiger charge is 2.33. The molecule has 1 amide bonds. The van der Waals surface area contributed by atoms with E-state index >= 15 is 0 Å². The largest absolute Gasteiger partial charge is 0.357 e. The fraction of sp³-hybridized carbons (Fsp3) is 0.400. The molecule has 0 saturated carbocycles. The lowest BCUT2D eigenvalue weighted by Crippen LogP contribution is -2.44. The van der Waals surface area contributed by atoms with E-state index in [0.717, 1.165) is 41.9 Å². The van der Waals surface area contributed by atoms with Gasteiger partial charge in [0.05, 0.1) is 24.1 Å². The number of halogens is 2. The average Bonchev–Trinajstić information content (AvgIpc) is 3.59. The number of hydrogen-bond acceptors (Lipinski definition) is 5. The van der Waals surface area contributed by atoms with E-state index in [1.807, 2.05) is 48.8 Å². The summed E-state index contributed by atoms with van der Waals surface area (Å²) in [7, 11) is 0. The molecule has 9 heteroatoms. The average molecular weight is 499 g/mol. The van der Waals surface area contributed by atoms with Gasteiger partial charge in [-0.2, -0.15) is 5.10 Å². The Balaban J connectivity index is 0.00000241. The highest BCUT2D eigenvalue weighted by Crippen LogP contribution is 2.30. The molecular weight excluding hydrogens is 471 g/mol. The Kier molecular flexibility index (Phi) is 6.51. The van der Waals surface area contributed by atoms with Crippen LogP contribution in [-0.4, -0.2) is 57.8 Å². The van der Waals surface area contributed by atoms with E-state index in [1.54, 1.807) is 9.58 Å². The molecule has 1 aromatic carbocycles. The number of carbonyl (C=O) groups excluding carboxylic acids is 1. The molecule has 0 unspecified atom stereocenters. The predicted octanol–water partition coefficient (Wildman–Crippen LogP) is 4.57. The summed E-state index contributed by atoms with van der Waals surface area (Å²) in [6.07, 6.45) is 8.84. The first-order valence-electron chi connectivity index (χ1n) is 11.8. The molecule has 2 saturated heterocycles. The van der Waals surface area contributed by atoms with Crippen LogP contribution in [0.2, 0.25) is 5.02 Å². The van der Waals surface area contributed by atoms with Crippen molar-refractivity contribution >= 4 is 41.4 Å². The number of fused-ring (bicyclic) bond motifs is 1. The van der Waals surface area contributed by atoms with Crippen molar-refractivity contribution in [1.82, 2.24) is 19.7 Å². The number of benzene rings is 1. The summed E-state index contributed by atoms with van der Waals surface area (Å²) in [6.45, 7) is 5.12. The highest BCUT2D eigenvalue weighted by atomic mass is 35.5. The van der Waals surface area contributed by atoms with Gasteiger partial charge in [-0.3, -0.25) is 4.79 Å². The molecule has 0 N–H and O–H groups in total. The van der Waals surface area contributed by atoms with E-state index < -0.39 is 0 Å². The van der Waals surface area contributed by atoms with Gasteiger partial charge in [-0.1, -0.05) is 11.6 Å². The SMILES string of the molecule is Cl.O=C1c2nn(-c3ccc(Cl)cc3)cc2CN1c1ccc(N2CCC(N3CCCC3)CC2)nc1. The zero-order valence-electron chi connectivity index (χ0n) is 18.9. The molecule has 5 heterocycles. The monoisotopic (exact) mass is 498 g/mol. The van der Waals surface area contributed by atoms with Crippen molar-refractivity contribution in [3.05, 3.63) is 65.1 Å². The van der Waals surface area contributed by atoms with Gasteiger partial charge in [0.2, 0.25) is 0 Å². The summed E-state index contributed by atoms with van der Waals surface area (Å²) in [5.41, 5.74) is 3.11. The molecule has 0 aliphatic carbocycles. The van der Waals surface area contributed by atoms with Gasteiger partial charge in [0.15, 0.2) is 5.69 Å². The summed E-state index contributed by atoms with van der Waals surface area (Å²) in [5, 5.41) is 5.20. The number of likely N-dealkylation sites (tertiary alicyclic amines) is 1. The van der Waals surface area contributed by atoms with Crippen molar-refractivity contribution in [1.29, 1.82) is 0 Å². The highest BCUT2D eigenvalue weighted by molar-refractivity contribution is 6.30. The molecule has 3 aromatic rings. The van der Waals surface area contributed by atoms with Crippen LogP contribution in [-0.2, 0) is 6.54 Å². The second-order valence-electron chi connectivity index (χ2n) is 9.15. The van der Waals surface area contributed by atoms with E-state index in [9.17, 15) is 4.79 Å². The fourth-order valence-corrected chi connectivity index (χ4v) is 5.43. The molecule has 3 aliphatic rings. The van der Waals surface area contributed by atoms with Crippen LogP contribution in [0.25, 0.3) is 5.69 Å². The molecule has 7 nitrogen and oxygen atoms in total. The van der Waals surface area contributed by atoms with Crippen LogP contribution in [0, 0.1) is 0 Å². The molecule has 0 atom stereocenters. The smallest absolute Gasteiger partial charge is 0.279 e. The van der Waals surface area contributed by atoms with Gasteiger partial charge < -0.3 is 14.7 Å². The number of piperidine rings is 1. The first-order valence-corrected chi connectivity index (χ1v) is 12.1. The Hall–Kier alpha value is -2.61. The van der Waals surface area contributed by atoms with Crippen LogP contribution < -0.4 is 9.80 Å². The van der Waals surface area contributed by atoms with Gasteiger partial charge in [-0.15, -0.1) is 12.4 Å². The van der Waals surface area contributed by atoms with Gasteiger partial charge >= 0.3 is 0 Å². The lowest BCUT2D eigenvalue weighted by molar-refractivity contribution is 0.0991. The Morgan fingerprint density at radius 2 is 1.62 bits per heavy atom. The summed E-state index contributed by atoms with van der Waals surface area (Å²) in [6, 6.07) is 12.2. The Bertz CT molecular complexity index is 1150. The van der Waals surface area contributed by atoms with Gasteiger partial charge in [0, 0.05) is 35.9 Å². The Morgan fingerprint density at radius 3 is 2.26 bits per heavy atom. The minimum absolute atomic E-state index is 0. The third-order valence-electron chi connectivity index (χ3n) is 7.15. The van der Waals surface area contributed by atoms with Crippen molar-refractivity contribution in [3.63, 3.8) is 0 Å². The number of carbonyl (C=O) groups is 1. The van der Waals surface area contributed by atoms with E-state index in [2.05, 4.69) is 14.9 Å². The van der Waals surface area contributed by atoms with Crippen molar-refractivity contribution in [3.8, 4) is 5.69 Å². The van der Waals surface area contributed by atoms with Crippen LogP contribution >= 0.6 is 24.0 Å². The molecule has 0 radical (unpaired) electrons. The minimum Gasteiger partial charge on any atom is -0.357 e. The standard InChI is InChI=1S/C25H27ClN6O.ClH/c26-19-3-5-21(6-4-19)32-17-18-16-31(25(33)24(18)28-32)22-7-8-23(27-15-22)30-13-9-20(10-14-30)29-11-1-2-12-29;/h3-8,15,17,20H,1-2,9-14,16H2;1H. The summed E-state index contributed by atoms with van der Waals surface area (Å²) in [5.74, 6) is 0.912. The van der Waals surface area contributed by atoms with E-state index in [0.29, 0.717) is 17.3 Å². The number of nitrogens with zero attached hydrogens (tertiary/aromatic N) is 6. The van der Waals surface area contributed by atoms with Gasteiger partial charge in [0.1, 0.15) is 5.82 Å². The van der Waals surface area contributed by atoms with E-state index in [-0.39, 0.29) is 18.3 Å². The molecule has 3 aliphatic heterocycles. The number of hydrogen-bond donors (Lipinski definition) is 0. The maximum Gasteiger partial charge on any atom is 0.279 e. The quantitative estimate of drug-likeness (QED) is 0.527. The molecule has 2 aromatic heterocycles. The molecule has 2 fully saturated rings. The van der Waals surface area contributed by atoms with Gasteiger partial charge in [-0.05, 0) is 75.2 Å². The van der Waals surface area contributed by atoms with Crippen molar-refractivity contribution in [2.45, 2.75) is 38.3 Å². The van der Waals surface area contributed by atoms with Crippen LogP contribution in [0.5, 0.6) is 0 Å². The molecule has 178 valence electrons. The second kappa shape index (κ2) is 9.56. The van der Waals surface area contributed by atoms with E-state index in [1.165, 1.54) is 38.8 Å². The first kappa shape index (κ1) is 23.1. The zero-order valence-corrected chi connectivity index (χ0v) is 20.5. The lowest BCUT2D eigenvalue weighted by atomic mass is 10.0. The number of rotatable bonds is 4. The second-order valence-corrected chi connectivity index (χ2v) is 9.59. The summed E-state index contributed by atoms with van der Waals surface area (Å²) in [4.78, 5) is 24.5. The topological polar surface area (TPSA) is 57.5 Å². The van der Waals surface area contributed by atoms with Crippen LogP contribution in [0.15, 0.2) is 48.8 Å². The van der Waals surface area contributed by atoms with Crippen LogP contribution in [0.3, 0.4) is 0 Å². The maximum atomic E-state index is 13.0. The fourth-order valence-electron chi connectivity index (χ4n) is 5.30. The van der Waals surface area contributed by atoms with Gasteiger partial charge in [-0.25, -0.2) is 9.67 Å². The first-order chi connectivity index (χ1) is 16.2. The number of aromatic nitrogens is 3. The molecule has 0 spiro atoms. The zero-order chi connectivity index (χ0) is 22.4. The predicted molar refractivity (Wildman–Crippen MR) is 137 cm³/mol. The lowest BCUT2D eigenvalue weighted by Gasteiger charge is -2.37. The van der Waals surface area contributed by atoms with Crippen LogP contribution in [0.4, 0.5) is 11.5 Å². The number of amides is 1. The molecule has 6 rings (SSSR count). The third-order valence-corrected chi connectivity index (χ3v) is 7.40. The Labute approximate surface area is 210 Å². The van der Waals surface area contributed by atoms with Crippen molar-refractivity contribution in [2.75, 3.05) is 36.0 Å². The maximum absolute atomic E-state index is 13.0. The van der Waals surface area contributed by atoms with Crippen molar-refractivity contribution in [2.24, 2.45) is 0 Å². The van der Waals surface area contributed by atoms with Gasteiger partial charge in [0.25, 0.3) is 5.91 Å². The van der Waals surface area contributed by atoms with E-state index in [4.69, 9.17) is 16.6 Å². The minimum atomic E-state index is -0.0845. The number of anilines is 2. The van der Waals surface area contributed by atoms with Crippen LogP contribution in [0.1, 0.15) is 41.7 Å². The van der Waals surface area contributed by atoms with Crippen molar-refractivity contribution < 1.29 is 4.79 Å². The molecule has 34 heavy (non-hydrogen) atoms. The Morgan fingerprint density at radius 1 is 0.912 bits per heavy atom. The number of pyridine rings is 1. The summed E-state index contributed by atoms with van der Waals surface area (Å²) < 4.78 is 1.74.